The van der Waals surface area contributed by atoms with Crippen molar-refractivity contribution < 1.29 is 9.53 Å². The highest BCUT2D eigenvalue weighted by molar-refractivity contribution is 5.95. The van der Waals surface area contributed by atoms with Crippen molar-refractivity contribution in [3.63, 3.8) is 0 Å². The van der Waals surface area contributed by atoms with Crippen LogP contribution in [-0.4, -0.2) is 39.2 Å². The molecule has 0 radical (unpaired) electrons. The van der Waals surface area contributed by atoms with Crippen LogP contribution in [0.3, 0.4) is 0 Å². The lowest BCUT2D eigenvalue weighted by molar-refractivity contribution is 0.0682. The van der Waals surface area contributed by atoms with Crippen LogP contribution >= 0.6 is 0 Å². The number of nitrogens with zero attached hydrogens (tertiary/aromatic N) is 4. The minimum atomic E-state index is 0.00646. The standard InChI is InChI=1S/C21H24N4O2/c1-4-20(16-9-11-19(27-3)12-10-16)25(5-2)21(26)17-7-6-8-18(13-17)24-14-22-23-15-24/h6-15,20H,4-5H2,1-3H3. The Morgan fingerprint density at radius 3 is 2.41 bits per heavy atom. The van der Waals surface area contributed by atoms with Gasteiger partial charge in [-0.25, -0.2) is 0 Å². The van der Waals surface area contributed by atoms with Gasteiger partial charge < -0.3 is 9.64 Å². The van der Waals surface area contributed by atoms with Gasteiger partial charge in [0.2, 0.25) is 0 Å². The van der Waals surface area contributed by atoms with Gasteiger partial charge in [-0.05, 0) is 49.2 Å². The summed E-state index contributed by atoms with van der Waals surface area (Å²) < 4.78 is 7.03. The topological polar surface area (TPSA) is 60.2 Å². The van der Waals surface area contributed by atoms with Gasteiger partial charge in [0.25, 0.3) is 5.91 Å². The average molecular weight is 364 g/mol. The van der Waals surface area contributed by atoms with Crippen LogP contribution in [0, 0.1) is 0 Å². The van der Waals surface area contributed by atoms with Crippen molar-refractivity contribution >= 4 is 5.91 Å². The van der Waals surface area contributed by atoms with Crippen LogP contribution in [0.2, 0.25) is 0 Å². The van der Waals surface area contributed by atoms with Gasteiger partial charge in [0.05, 0.1) is 13.2 Å². The van der Waals surface area contributed by atoms with Crippen LogP contribution in [-0.2, 0) is 0 Å². The first-order chi connectivity index (χ1) is 13.2. The van der Waals surface area contributed by atoms with Gasteiger partial charge in [-0.2, -0.15) is 0 Å². The number of aromatic nitrogens is 3. The molecule has 0 saturated carbocycles. The van der Waals surface area contributed by atoms with E-state index in [9.17, 15) is 4.79 Å². The molecule has 6 nitrogen and oxygen atoms in total. The molecule has 0 fully saturated rings. The largest absolute Gasteiger partial charge is 0.497 e. The summed E-state index contributed by atoms with van der Waals surface area (Å²) >= 11 is 0. The molecule has 1 amide bonds. The second kappa shape index (κ2) is 8.49. The molecule has 0 spiro atoms. The fourth-order valence-corrected chi connectivity index (χ4v) is 3.27. The summed E-state index contributed by atoms with van der Waals surface area (Å²) in [5, 5.41) is 7.65. The van der Waals surface area contributed by atoms with E-state index in [0.717, 1.165) is 23.4 Å². The van der Waals surface area contributed by atoms with Crippen LogP contribution < -0.4 is 4.74 Å². The van der Waals surface area contributed by atoms with Crippen LogP contribution in [0.25, 0.3) is 5.69 Å². The molecule has 0 bridgehead atoms. The molecule has 0 aliphatic carbocycles. The second-order valence-corrected chi connectivity index (χ2v) is 6.21. The van der Waals surface area contributed by atoms with E-state index in [1.54, 1.807) is 24.3 Å². The first kappa shape index (κ1) is 18.6. The normalized spacial score (nSPS) is 11.8. The second-order valence-electron chi connectivity index (χ2n) is 6.21. The Morgan fingerprint density at radius 1 is 1.11 bits per heavy atom. The number of amides is 1. The lowest BCUT2D eigenvalue weighted by Crippen LogP contribution is -2.34. The van der Waals surface area contributed by atoms with Crippen LogP contribution in [0.15, 0.2) is 61.2 Å². The Bertz CT molecular complexity index is 875. The number of methoxy groups -OCH3 is 1. The third kappa shape index (κ3) is 4.00. The maximum absolute atomic E-state index is 13.3. The SMILES string of the molecule is CCC(c1ccc(OC)cc1)N(CC)C(=O)c1cccc(-n2cnnc2)c1. The molecule has 2 aromatic carbocycles. The van der Waals surface area contributed by atoms with E-state index < -0.39 is 0 Å². The van der Waals surface area contributed by atoms with Gasteiger partial charge >= 0.3 is 0 Å². The van der Waals surface area contributed by atoms with E-state index in [2.05, 4.69) is 17.1 Å². The van der Waals surface area contributed by atoms with Crippen molar-refractivity contribution in [1.82, 2.24) is 19.7 Å². The highest BCUT2D eigenvalue weighted by Gasteiger charge is 2.24. The van der Waals surface area contributed by atoms with Gasteiger partial charge in [-0.3, -0.25) is 9.36 Å². The third-order valence-electron chi connectivity index (χ3n) is 4.68. The van der Waals surface area contributed by atoms with Crippen molar-refractivity contribution in [1.29, 1.82) is 0 Å². The van der Waals surface area contributed by atoms with E-state index in [1.807, 2.05) is 60.4 Å². The van der Waals surface area contributed by atoms with E-state index in [4.69, 9.17) is 4.74 Å². The van der Waals surface area contributed by atoms with Crippen molar-refractivity contribution in [3.8, 4) is 11.4 Å². The van der Waals surface area contributed by atoms with Crippen molar-refractivity contribution in [2.24, 2.45) is 0 Å². The van der Waals surface area contributed by atoms with Crippen LogP contribution in [0.1, 0.15) is 42.2 Å². The predicted octanol–water partition coefficient (Wildman–Crippen LogP) is 3.89. The Balaban J connectivity index is 1.89. The lowest BCUT2D eigenvalue weighted by atomic mass is 10.0. The maximum Gasteiger partial charge on any atom is 0.254 e. The molecule has 0 saturated heterocycles. The van der Waals surface area contributed by atoms with Gasteiger partial charge in [0.1, 0.15) is 18.4 Å². The molecule has 1 atom stereocenters. The molecule has 3 aromatic rings. The Labute approximate surface area is 159 Å². The summed E-state index contributed by atoms with van der Waals surface area (Å²) in [4.78, 5) is 15.2. The molecule has 1 heterocycles. The first-order valence-electron chi connectivity index (χ1n) is 9.07. The van der Waals surface area contributed by atoms with Crippen LogP contribution in [0.4, 0.5) is 0 Å². The summed E-state index contributed by atoms with van der Waals surface area (Å²) in [5.41, 5.74) is 2.61. The number of carbonyl (C=O) groups is 1. The van der Waals surface area contributed by atoms with Crippen molar-refractivity contribution in [2.75, 3.05) is 13.7 Å². The summed E-state index contributed by atoms with van der Waals surface area (Å²) in [6, 6.07) is 15.4. The van der Waals surface area contributed by atoms with Gasteiger partial charge in [-0.15, -0.1) is 10.2 Å². The number of carbonyl (C=O) groups excluding carboxylic acids is 1. The summed E-state index contributed by atoms with van der Waals surface area (Å²) in [5.74, 6) is 0.819. The number of hydrogen-bond donors (Lipinski definition) is 0. The van der Waals surface area contributed by atoms with Crippen molar-refractivity contribution in [2.45, 2.75) is 26.3 Å². The zero-order valence-corrected chi connectivity index (χ0v) is 15.9. The zero-order chi connectivity index (χ0) is 19.2. The molecule has 1 unspecified atom stereocenters. The van der Waals surface area contributed by atoms with Gasteiger partial charge in [-0.1, -0.05) is 25.1 Å². The molecule has 6 heteroatoms. The first-order valence-corrected chi connectivity index (χ1v) is 9.07. The molecule has 0 N–H and O–H groups in total. The summed E-state index contributed by atoms with van der Waals surface area (Å²) in [6.45, 7) is 4.73. The summed E-state index contributed by atoms with van der Waals surface area (Å²) in [7, 11) is 1.65. The molecule has 1 aromatic heterocycles. The Hall–Kier alpha value is -3.15. The van der Waals surface area contributed by atoms with Gasteiger partial charge in [0, 0.05) is 17.8 Å². The average Bonchev–Trinajstić information content (AvgIpc) is 3.26. The number of ether oxygens (including phenoxy) is 1. The van der Waals surface area contributed by atoms with Crippen molar-refractivity contribution in [3.05, 3.63) is 72.3 Å². The highest BCUT2D eigenvalue weighted by Crippen LogP contribution is 2.27. The molecule has 3 rings (SSSR count). The predicted molar refractivity (Wildman–Crippen MR) is 104 cm³/mol. The molecule has 140 valence electrons. The monoisotopic (exact) mass is 364 g/mol. The van der Waals surface area contributed by atoms with E-state index in [-0.39, 0.29) is 11.9 Å². The van der Waals surface area contributed by atoms with Crippen LogP contribution in [0.5, 0.6) is 5.75 Å². The quantitative estimate of drug-likeness (QED) is 0.638. The number of rotatable bonds is 7. The third-order valence-corrected chi connectivity index (χ3v) is 4.68. The molecule has 0 aliphatic rings. The molecule has 0 aliphatic heterocycles. The lowest BCUT2D eigenvalue weighted by Gasteiger charge is -2.31. The Kier molecular flexibility index (Phi) is 5.86. The Morgan fingerprint density at radius 2 is 1.81 bits per heavy atom. The van der Waals surface area contributed by atoms with Gasteiger partial charge in [0.15, 0.2) is 0 Å². The zero-order valence-electron chi connectivity index (χ0n) is 15.9. The fourth-order valence-electron chi connectivity index (χ4n) is 3.27. The minimum absolute atomic E-state index is 0.00646. The molecule has 27 heavy (non-hydrogen) atoms. The van der Waals surface area contributed by atoms with E-state index in [0.29, 0.717) is 12.1 Å². The number of benzene rings is 2. The smallest absolute Gasteiger partial charge is 0.254 e. The molecular weight excluding hydrogens is 340 g/mol. The maximum atomic E-state index is 13.3. The molecular formula is C21H24N4O2. The fraction of sp³-hybridized carbons (Fsp3) is 0.286. The number of hydrogen-bond acceptors (Lipinski definition) is 4. The van der Waals surface area contributed by atoms with E-state index >= 15 is 0 Å². The highest BCUT2D eigenvalue weighted by atomic mass is 16.5. The van der Waals surface area contributed by atoms with E-state index in [1.165, 1.54) is 0 Å². The minimum Gasteiger partial charge on any atom is -0.497 e. The summed E-state index contributed by atoms with van der Waals surface area (Å²) in [6.07, 6.45) is 4.07.